The van der Waals surface area contributed by atoms with Gasteiger partial charge in [-0.3, -0.25) is 4.79 Å². The normalized spacial score (nSPS) is 10.5. The molecule has 3 rings (SSSR count). The van der Waals surface area contributed by atoms with E-state index in [-0.39, 0.29) is 18.6 Å². The smallest absolute Gasteiger partial charge is 0.243 e. The van der Waals surface area contributed by atoms with Crippen LogP contribution in [0.5, 0.6) is 11.5 Å². The van der Waals surface area contributed by atoms with Gasteiger partial charge in [-0.25, -0.2) is 0 Å². The fraction of sp³-hybridized carbons (Fsp3) is 0.269. The second kappa shape index (κ2) is 11.6. The molecule has 0 aliphatic rings. The number of ether oxygens (including phenoxy) is 2. The summed E-state index contributed by atoms with van der Waals surface area (Å²) in [5.74, 6) is 1.34. The van der Waals surface area contributed by atoms with E-state index in [0.29, 0.717) is 12.3 Å². The van der Waals surface area contributed by atoms with Gasteiger partial charge in [0, 0.05) is 11.8 Å². The summed E-state index contributed by atoms with van der Waals surface area (Å²) in [4.78, 5) is 12.4. The van der Waals surface area contributed by atoms with Gasteiger partial charge in [-0.15, -0.1) is 0 Å². The molecule has 0 saturated carbocycles. The van der Waals surface area contributed by atoms with Crippen molar-refractivity contribution in [2.24, 2.45) is 0 Å². The summed E-state index contributed by atoms with van der Waals surface area (Å²) in [5.41, 5.74) is 2.81. The van der Waals surface area contributed by atoms with E-state index in [0.717, 1.165) is 30.0 Å². The number of aryl methyl sites for hydroxylation is 1. The summed E-state index contributed by atoms with van der Waals surface area (Å²) in [6, 6.07) is 25.4. The highest BCUT2D eigenvalue weighted by molar-refractivity contribution is 5.94. The third-order valence-electron chi connectivity index (χ3n) is 4.53. The van der Waals surface area contributed by atoms with Crippen LogP contribution in [0.1, 0.15) is 25.8 Å². The molecule has 5 heteroatoms. The number of nitrogens with one attached hydrogen (secondary N) is 2. The van der Waals surface area contributed by atoms with Gasteiger partial charge in [-0.1, -0.05) is 48.5 Å². The number of amides is 1. The molecule has 0 spiro atoms. The Hall–Kier alpha value is -3.47. The van der Waals surface area contributed by atoms with E-state index in [9.17, 15) is 4.79 Å². The van der Waals surface area contributed by atoms with E-state index in [1.807, 2.05) is 80.6 Å². The molecule has 0 unspecified atom stereocenters. The van der Waals surface area contributed by atoms with Crippen molar-refractivity contribution in [3.63, 3.8) is 0 Å². The first-order chi connectivity index (χ1) is 15.1. The maximum atomic E-state index is 12.4. The van der Waals surface area contributed by atoms with Crippen LogP contribution in [0.15, 0.2) is 78.9 Å². The highest BCUT2D eigenvalue weighted by Gasteiger charge is 2.07. The van der Waals surface area contributed by atoms with Crippen LogP contribution in [0, 0.1) is 0 Å². The van der Waals surface area contributed by atoms with Crippen LogP contribution in [0.25, 0.3) is 0 Å². The maximum Gasteiger partial charge on any atom is 0.243 e. The maximum absolute atomic E-state index is 12.4. The van der Waals surface area contributed by atoms with Gasteiger partial charge in [0.1, 0.15) is 11.5 Å². The second-order valence-corrected chi connectivity index (χ2v) is 7.53. The zero-order chi connectivity index (χ0) is 21.9. The van der Waals surface area contributed by atoms with Gasteiger partial charge in [-0.05, 0) is 56.5 Å². The molecule has 0 atom stereocenters. The number of benzene rings is 3. The average molecular weight is 419 g/mol. The lowest BCUT2D eigenvalue weighted by atomic mass is 10.1. The molecule has 3 aromatic carbocycles. The van der Waals surface area contributed by atoms with Crippen LogP contribution in [-0.4, -0.2) is 25.2 Å². The van der Waals surface area contributed by atoms with Crippen molar-refractivity contribution in [2.75, 3.05) is 23.8 Å². The first-order valence-corrected chi connectivity index (χ1v) is 10.7. The number of para-hydroxylation sites is 2. The standard InChI is InChI=1S/C26H30N2O3/c1-20(2)31-23-14-8-13-22(18-23)28-26(29)19-27-24-15-6-7-16-25(24)30-17-9-12-21-10-4-3-5-11-21/h3-8,10-11,13-16,18,20,27H,9,12,17,19H2,1-2H3,(H,28,29). The Morgan fingerprint density at radius 2 is 1.71 bits per heavy atom. The molecule has 162 valence electrons. The third kappa shape index (κ3) is 7.70. The van der Waals surface area contributed by atoms with E-state index in [4.69, 9.17) is 9.47 Å². The van der Waals surface area contributed by atoms with E-state index >= 15 is 0 Å². The minimum atomic E-state index is -0.138. The average Bonchev–Trinajstić information content (AvgIpc) is 2.76. The molecule has 3 aromatic rings. The first kappa shape index (κ1) is 22.2. The topological polar surface area (TPSA) is 59.6 Å². The predicted molar refractivity (Wildman–Crippen MR) is 126 cm³/mol. The van der Waals surface area contributed by atoms with E-state index in [1.165, 1.54) is 5.56 Å². The second-order valence-electron chi connectivity index (χ2n) is 7.53. The predicted octanol–water partition coefficient (Wildman–Crippen LogP) is 5.54. The highest BCUT2D eigenvalue weighted by atomic mass is 16.5. The van der Waals surface area contributed by atoms with Crippen molar-refractivity contribution >= 4 is 17.3 Å². The van der Waals surface area contributed by atoms with Crippen LogP contribution in [0.2, 0.25) is 0 Å². The van der Waals surface area contributed by atoms with Crippen molar-refractivity contribution in [2.45, 2.75) is 32.8 Å². The zero-order valence-electron chi connectivity index (χ0n) is 18.1. The van der Waals surface area contributed by atoms with Crippen LogP contribution < -0.4 is 20.1 Å². The van der Waals surface area contributed by atoms with Crippen LogP contribution >= 0.6 is 0 Å². The molecule has 0 radical (unpaired) electrons. The van der Waals surface area contributed by atoms with E-state index < -0.39 is 0 Å². The molecular weight excluding hydrogens is 388 g/mol. The number of hydrogen-bond acceptors (Lipinski definition) is 4. The lowest BCUT2D eigenvalue weighted by Crippen LogP contribution is -2.22. The molecule has 0 saturated heterocycles. The largest absolute Gasteiger partial charge is 0.491 e. The van der Waals surface area contributed by atoms with E-state index in [1.54, 1.807) is 0 Å². The Bertz CT molecular complexity index is 958. The number of carbonyl (C=O) groups excluding carboxylic acids is 1. The quantitative estimate of drug-likeness (QED) is 0.402. The molecule has 0 bridgehead atoms. The summed E-state index contributed by atoms with van der Waals surface area (Å²) in [7, 11) is 0. The summed E-state index contributed by atoms with van der Waals surface area (Å²) in [5, 5.41) is 6.06. The van der Waals surface area contributed by atoms with Crippen LogP contribution in [0.3, 0.4) is 0 Å². The summed E-state index contributed by atoms with van der Waals surface area (Å²) in [6.07, 6.45) is 1.98. The number of carbonyl (C=O) groups is 1. The Kier molecular flexibility index (Phi) is 8.35. The summed E-state index contributed by atoms with van der Waals surface area (Å²) >= 11 is 0. The van der Waals surface area contributed by atoms with Crippen LogP contribution in [0.4, 0.5) is 11.4 Å². The van der Waals surface area contributed by atoms with Crippen molar-refractivity contribution in [3.05, 3.63) is 84.4 Å². The number of hydrogen-bond donors (Lipinski definition) is 2. The van der Waals surface area contributed by atoms with Gasteiger partial charge in [0.2, 0.25) is 5.91 Å². The minimum absolute atomic E-state index is 0.0804. The lowest BCUT2D eigenvalue weighted by molar-refractivity contribution is -0.114. The van der Waals surface area contributed by atoms with Gasteiger partial charge < -0.3 is 20.1 Å². The van der Waals surface area contributed by atoms with Crippen molar-refractivity contribution in [3.8, 4) is 11.5 Å². The fourth-order valence-corrected chi connectivity index (χ4v) is 3.14. The van der Waals surface area contributed by atoms with Crippen LogP contribution in [-0.2, 0) is 11.2 Å². The third-order valence-corrected chi connectivity index (χ3v) is 4.53. The molecule has 0 heterocycles. The van der Waals surface area contributed by atoms with Gasteiger partial charge in [0.25, 0.3) is 0 Å². The Morgan fingerprint density at radius 1 is 0.935 bits per heavy atom. The molecule has 0 aliphatic heterocycles. The lowest BCUT2D eigenvalue weighted by Gasteiger charge is -2.14. The minimum Gasteiger partial charge on any atom is -0.491 e. The monoisotopic (exact) mass is 418 g/mol. The first-order valence-electron chi connectivity index (χ1n) is 10.7. The molecule has 0 aromatic heterocycles. The molecule has 0 fully saturated rings. The molecule has 0 aliphatic carbocycles. The molecule has 5 nitrogen and oxygen atoms in total. The summed E-state index contributed by atoms with van der Waals surface area (Å²) < 4.78 is 11.6. The summed E-state index contributed by atoms with van der Waals surface area (Å²) in [6.45, 7) is 4.69. The van der Waals surface area contributed by atoms with Crippen molar-refractivity contribution in [1.82, 2.24) is 0 Å². The SMILES string of the molecule is CC(C)Oc1cccc(NC(=O)CNc2ccccc2OCCCc2ccccc2)c1. The Balaban J connectivity index is 1.47. The Morgan fingerprint density at radius 3 is 2.52 bits per heavy atom. The molecular formula is C26H30N2O3. The zero-order valence-corrected chi connectivity index (χ0v) is 18.1. The van der Waals surface area contributed by atoms with Gasteiger partial charge in [0.15, 0.2) is 0 Å². The van der Waals surface area contributed by atoms with Crippen molar-refractivity contribution in [1.29, 1.82) is 0 Å². The van der Waals surface area contributed by atoms with Gasteiger partial charge in [-0.2, -0.15) is 0 Å². The molecule has 1 amide bonds. The molecule has 2 N–H and O–H groups in total. The van der Waals surface area contributed by atoms with E-state index in [2.05, 4.69) is 22.8 Å². The molecule has 31 heavy (non-hydrogen) atoms. The van der Waals surface area contributed by atoms with Gasteiger partial charge >= 0.3 is 0 Å². The highest BCUT2D eigenvalue weighted by Crippen LogP contribution is 2.24. The Labute approximate surface area is 184 Å². The fourth-order valence-electron chi connectivity index (χ4n) is 3.14. The van der Waals surface area contributed by atoms with Crippen molar-refractivity contribution < 1.29 is 14.3 Å². The van der Waals surface area contributed by atoms with Gasteiger partial charge in [0.05, 0.1) is 24.9 Å². The number of rotatable bonds is 11. The number of anilines is 2.